The zero-order chi connectivity index (χ0) is 17.5. The fraction of sp³-hybridized carbons (Fsp3) is 0.368. The summed E-state index contributed by atoms with van der Waals surface area (Å²) in [5.41, 5.74) is 7.57. The van der Waals surface area contributed by atoms with Crippen molar-refractivity contribution in [2.24, 2.45) is 10.7 Å². The summed E-state index contributed by atoms with van der Waals surface area (Å²) in [6.07, 6.45) is 0. The quantitative estimate of drug-likeness (QED) is 0.926. The van der Waals surface area contributed by atoms with Gasteiger partial charge in [0.25, 0.3) is 0 Å². The predicted octanol–water partition coefficient (Wildman–Crippen LogP) is 3.66. The number of rotatable bonds is 3. The first kappa shape index (κ1) is 16.7. The smallest absolute Gasteiger partial charge is 0.239 e. The summed E-state index contributed by atoms with van der Waals surface area (Å²) < 4.78 is 0. The second kappa shape index (κ2) is 6.06. The van der Waals surface area contributed by atoms with Gasteiger partial charge in [0.05, 0.1) is 5.92 Å². The number of nitrogens with zero attached hydrogens (tertiary/aromatic N) is 2. The van der Waals surface area contributed by atoms with Crippen LogP contribution in [-0.4, -0.2) is 23.8 Å². The highest BCUT2D eigenvalue weighted by Gasteiger charge is 2.47. The van der Waals surface area contributed by atoms with Crippen LogP contribution in [0.1, 0.15) is 48.6 Å². The van der Waals surface area contributed by atoms with Crippen LogP contribution >= 0.6 is 11.3 Å². The molecule has 0 saturated carbocycles. The van der Waals surface area contributed by atoms with Crippen molar-refractivity contribution in [1.29, 1.82) is 0 Å². The lowest BCUT2D eigenvalue weighted by Gasteiger charge is -2.40. The Hall–Kier alpha value is -2.14. The fourth-order valence-corrected chi connectivity index (χ4v) is 4.09. The van der Waals surface area contributed by atoms with Crippen LogP contribution in [0.3, 0.4) is 0 Å². The van der Waals surface area contributed by atoms with E-state index in [4.69, 9.17) is 10.7 Å². The van der Waals surface area contributed by atoms with Gasteiger partial charge < -0.3 is 5.73 Å². The number of thiophene rings is 1. The molecule has 1 aromatic heterocycles. The summed E-state index contributed by atoms with van der Waals surface area (Å²) in [6, 6.07) is 12.3. The van der Waals surface area contributed by atoms with Gasteiger partial charge in [-0.3, -0.25) is 9.69 Å². The Labute approximate surface area is 147 Å². The predicted molar refractivity (Wildman–Crippen MR) is 99.3 cm³/mol. The second-order valence-electron chi connectivity index (χ2n) is 6.75. The lowest BCUT2D eigenvalue weighted by atomic mass is 9.77. The molecule has 2 aromatic rings. The molecule has 2 atom stereocenters. The van der Waals surface area contributed by atoms with E-state index in [1.165, 1.54) is 10.5 Å². The molecule has 0 bridgehead atoms. The van der Waals surface area contributed by atoms with Crippen molar-refractivity contribution in [3.63, 3.8) is 0 Å². The minimum atomic E-state index is -0.679. The van der Waals surface area contributed by atoms with E-state index in [0.29, 0.717) is 5.92 Å². The van der Waals surface area contributed by atoms with E-state index >= 15 is 0 Å². The van der Waals surface area contributed by atoms with Gasteiger partial charge in [0, 0.05) is 11.9 Å². The molecule has 0 saturated heterocycles. The van der Waals surface area contributed by atoms with Gasteiger partial charge in [-0.2, -0.15) is 0 Å². The van der Waals surface area contributed by atoms with Crippen LogP contribution in [0.5, 0.6) is 0 Å². The molecule has 1 aromatic carbocycles. The molecule has 24 heavy (non-hydrogen) atoms. The molecular formula is C19H23N3OS. The molecule has 0 aliphatic carbocycles. The second-order valence-corrected chi connectivity index (χ2v) is 7.69. The van der Waals surface area contributed by atoms with Gasteiger partial charge in [-0.15, -0.1) is 11.3 Å². The van der Waals surface area contributed by atoms with Gasteiger partial charge in [0.2, 0.25) is 5.91 Å². The molecular weight excluding hydrogens is 318 g/mol. The van der Waals surface area contributed by atoms with Crippen LogP contribution in [-0.2, 0) is 10.3 Å². The van der Waals surface area contributed by atoms with Crippen molar-refractivity contribution < 1.29 is 4.79 Å². The molecule has 3 rings (SSSR count). The summed E-state index contributed by atoms with van der Waals surface area (Å²) >= 11 is 1.61. The highest BCUT2D eigenvalue weighted by molar-refractivity contribution is 7.10. The number of amides is 1. The number of hydrogen-bond acceptors (Lipinski definition) is 4. The largest absolute Gasteiger partial charge is 0.369 e. The standard InChI is InChI=1S/C19H23N3OS/c1-12(2)13-7-9-14(10-8-13)16-17(23)22(4)18(20)21-19(16,3)15-6-5-11-24-15/h5-12,16H,1-4H3,(H2,20,21)/t16-,19+/m0/s1. The van der Waals surface area contributed by atoms with Crippen molar-refractivity contribution in [2.75, 3.05) is 7.05 Å². The van der Waals surface area contributed by atoms with Crippen molar-refractivity contribution in [2.45, 2.75) is 38.1 Å². The summed E-state index contributed by atoms with van der Waals surface area (Å²) in [5, 5.41) is 2.01. The summed E-state index contributed by atoms with van der Waals surface area (Å²) in [6.45, 7) is 6.32. The highest BCUT2D eigenvalue weighted by Crippen LogP contribution is 2.45. The molecule has 2 N–H and O–H groups in total. The number of likely N-dealkylation sites (N-methyl/N-ethyl adjacent to an activating group) is 1. The molecule has 1 aliphatic rings. The van der Waals surface area contributed by atoms with E-state index in [2.05, 4.69) is 38.1 Å². The maximum atomic E-state index is 13.0. The van der Waals surface area contributed by atoms with Crippen LogP contribution < -0.4 is 5.73 Å². The molecule has 126 valence electrons. The van der Waals surface area contributed by atoms with Gasteiger partial charge in [0.15, 0.2) is 5.96 Å². The van der Waals surface area contributed by atoms with Crippen LogP contribution in [0.2, 0.25) is 0 Å². The number of guanidine groups is 1. The first-order valence-electron chi connectivity index (χ1n) is 8.11. The van der Waals surface area contributed by atoms with Gasteiger partial charge in [-0.1, -0.05) is 44.2 Å². The Bertz CT molecular complexity index is 764. The zero-order valence-electron chi connectivity index (χ0n) is 14.5. The van der Waals surface area contributed by atoms with E-state index in [1.807, 2.05) is 24.4 Å². The third-order valence-corrected chi connectivity index (χ3v) is 5.88. The maximum Gasteiger partial charge on any atom is 0.239 e. The number of carbonyl (C=O) groups excluding carboxylic acids is 1. The minimum Gasteiger partial charge on any atom is -0.369 e. The van der Waals surface area contributed by atoms with Gasteiger partial charge in [0.1, 0.15) is 5.54 Å². The van der Waals surface area contributed by atoms with Crippen LogP contribution in [0.15, 0.2) is 46.8 Å². The Morgan fingerprint density at radius 2 is 1.92 bits per heavy atom. The Balaban J connectivity index is 2.13. The van der Waals surface area contributed by atoms with Gasteiger partial charge >= 0.3 is 0 Å². The van der Waals surface area contributed by atoms with E-state index < -0.39 is 5.54 Å². The number of nitrogens with two attached hydrogens (primary N) is 1. The average Bonchev–Trinajstić information content (AvgIpc) is 3.08. The Morgan fingerprint density at radius 3 is 2.46 bits per heavy atom. The molecule has 1 aliphatic heterocycles. The van der Waals surface area contributed by atoms with Crippen molar-refractivity contribution in [1.82, 2.24) is 4.90 Å². The fourth-order valence-electron chi connectivity index (χ4n) is 3.23. The van der Waals surface area contributed by atoms with E-state index in [1.54, 1.807) is 18.4 Å². The highest BCUT2D eigenvalue weighted by atomic mass is 32.1. The number of aliphatic imine (C=N–C) groups is 1. The molecule has 2 heterocycles. The van der Waals surface area contributed by atoms with E-state index in [-0.39, 0.29) is 17.8 Å². The lowest BCUT2D eigenvalue weighted by Crippen LogP contribution is -2.52. The number of benzene rings is 1. The molecule has 0 spiro atoms. The van der Waals surface area contributed by atoms with Crippen LogP contribution in [0, 0.1) is 0 Å². The van der Waals surface area contributed by atoms with Crippen molar-refractivity contribution >= 4 is 23.2 Å². The van der Waals surface area contributed by atoms with Gasteiger partial charge in [-0.05, 0) is 35.4 Å². The number of hydrogen-bond donors (Lipinski definition) is 1. The molecule has 4 nitrogen and oxygen atoms in total. The Kier molecular flexibility index (Phi) is 4.22. The SMILES string of the molecule is CC(C)c1ccc([C@H]2C(=O)N(C)C(N)=N[C@]2(C)c2cccs2)cc1. The maximum absolute atomic E-state index is 13.0. The van der Waals surface area contributed by atoms with E-state index in [9.17, 15) is 4.79 Å². The summed E-state index contributed by atoms with van der Waals surface area (Å²) in [7, 11) is 1.69. The van der Waals surface area contributed by atoms with E-state index in [0.717, 1.165) is 10.4 Å². The normalized spacial score (nSPS) is 24.4. The van der Waals surface area contributed by atoms with Crippen LogP contribution in [0.4, 0.5) is 0 Å². The number of carbonyl (C=O) groups is 1. The topological polar surface area (TPSA) is 58.7 Å². The first-order chi connectivity index (χ1) is 11.3. The average molecular weight is 341 g/mol. The first-order valence-corrected chi connectivity index (χ1v) is 8.99. The van der Waals surface area contributed by atoms with Crippen molar-refractivity contribution in [3.8, 4) is 0 Å². The monoisotopic (exact) mass is 341 g/mol. The molecule has 0 unspecified atom stereocenters. The van der Waals surface area contributed by atoms with Gasteiger partial charge in [-0.25, -0.2) is 4.99 Å². The summed E-state index contributed by atoms with van der Waals surface area (Å²) in [4.78, 5) is 20.2. The summed E-state index contributed by atoms with van der Waals surface area (Å²) in [5.74, 6) is 0.331. The Morgan fingerprint density at radius 1 is 1.25 bits per heavy atom. The third-order valence-electron chi connectivity index (χ3n) is 4.79. The van der Waals surface area contributed by atoms with Crippen molar-refractivity contribution in [3.05, 3.63) is 57.8 Å². The minimum absolute atomic E-state index is 0.0179. The molecule has 0 radical (unpaired) electrons. The third kappa shape index (κ3) is 2.63. The zero-order valence-corrected chi connectivity index (χ0v) is 15.3. The lowest BCUT2D eigenvalue weighted by molar-refractivity contribution is -0.130. The molecule has 5 heteroatoms. The molecule has 0 fully saturated rings. The van der Waals surface area contributed by atoms with Crippen LogP contribution in [0.25, 0.3) is 0 Å². The molecule has 1 amide bonds.